The number of carbonyl (C=O) groups excluding carboxylic acids is 2. The van der Waals surface area contributed by atoms with E-state index in [4.69, 9.17) is 0 Å². The van der Waals surface area contributed by atoms with Crippen LogP contribution in [-0.2, 0) is 4.79 Å². The number of piperidine rings is 2. The minimum absolute atomic E-state index is 0.0966. The summed E-state index contributed by atoms with van der Waals surface area (Å²) in [6.45, 7) is 1.25. The predicted octanol–water partition coefficient (Wildman–Crippen LogP) is 1.86. The second-order valence-corrected chi connectivity index (χ2v) is 6.16. The lowest BCUT2D eigenvalue weighted by molar-refractivity contribution is -0.125. The van der Waals surface area contributed by atoms with Gasteiger partial charge in [0.25, 0.3) is 5.91 Å². The van der Waals surface area contributed by atoms with E-state index in [1.54, 1.807) is 4.90 Å². The summed E-state index contributed by atoms with van der Waals surface area (Å²) in [6.07, 6.45) is 2.12. The van der Waals surface area contributed by atoms with Crippen LogP contribution in [0.4, 0.5) is 4.39 Å². The van der Waals surface area contributed by atoms with Crippen molar-refractivity contribution in [3.63, 3.8) is 0 Å². The third-order valence-electron chi connectivity index (χ3n) is 4.30. The molecule has 2 aliphatic rings. The van der Waals surface area contributed by atoms with Crippen LogP contribution in [0.1, 0.15) is 29.6 Å². The van der Waals surface area contributed by atoms with Crippen molar-refractivity contribution in [3.8, 4) is 0 Å². The lowest BCUT2D eigenvalue weighted by Gasteiger charge is -2.41. The quantitative estimate of drug-likeness (QED) is 0.778. The van der Waals surface area contributed by atoms with Crippen LogP contribution < -0.4 is 5.32 Å². The summed E-state index contributed by atoms with van der Waals surface area (Å²) in [5.41, 5.74) is 0.458. The molecule has 1 N–H and O–H groups in total. The molecule has 2 unspecified atom stereocenters. The number of likely N-dealkylation sites (tertiary alicyclic amines) is 1. The van der Waals surface area contributed by atoms with Crippen molar-refractivity contribution < 1.29 is 14.0 Å². The Labute approximate surface area is 128 Å². The summed E-state index contributed by atoms with van der Waals surface area (Å²) in [5.74, 6) is -0.102. The number of nitrogens with zero attached hydrogens (tertiary/aromatic N) is 1. The van der Waals surface area contributed by atoms with Gasteiger partial charge in [0.05, 0.1) is 0 Å². The Bertz CT molecular complexity index is 593. The van der Waals surface area contributed by atoms with Crippen LogP contribution in [-0.4, -0.2) is 35.8 Å². The Kier molecular flexibility index (Phi) is 3.89. The maximum atomic E-state index is 13.2. The molecule has 1 aromatic rings. The third-order valence-corrected chi connectivity index (χ3v) is 4.65. The molecule has 6 heteroatoms. The zero-order valence-corrected chi connectivity index (χ0v) is 12.4. The Morgan fingerprint density at radius 2 is 2.19 bits per heavy atom. The number of carbonyl (C=O) groups is 2. The first-order valence-electron chi connectivity index (χ1n) is 7.12. The van der Waals surface area contributed by atoms with E-state index in [9.17, 15) is 14.0 Å². The molecule has 3 rings (SSSR count). The average Bonchev–Trinajstić information content (AvgIpc) is 2.49. The Morgan fingerprint density at radius 1 is 1.38 bits per heavy atom. The topological polar surface area (TPSA) is 49.4 Å². The molecule has 2 heterocycles. The largest absolute Gasteiger partial charge is 0.353 e. The predicted molar refractivity (Wildman–Crippen MR) is 78.8 cm³/mol. The molecular weight excluding hydrogens is 291 g/mol. The number of rotatable bonds is 1. The molecule has 2 fully saturated rings. The molecule has 1 aromatic carbocycles. The molecule has 21 heavy (non-hydrogen) atoms. The molecule has 2 saturated heterocycles. The molecule has 0 bridgehead atoms. The minimum atomic E-state index is -0.427. The molecular formula is C15H17FN2O2S. The van der Waals surface area contributed by atoms with Gasteiger partial charge in [-0.2, -0.15) is 0 Å². The molecule has 4 nitrogen and oxygen atoms in total. The first-order chi connectivity index (χ1) is 10.0. The average molecular weight is 308 g/mol. The van der Waals surface area contributed by atoms with E-state index in [2.05, 4.69) is 17.9 Å². The van der Waals surface area contributed by atoms with Crippen LogP contribution in [0.25, 0.3) is 0 Å². The molecule has 2 amide bonds. The smallest absolute Gasteiger partial charge is 0.253 e. The molecule has 0 saturated carbocycles. The normalized spacial score (nSPS) is 25.2. The van der Waals surface area contributed by atoms with Gasteiger partial charge in [-0.3, -0.25) is 9.59 Å². The minimum Gasteiger partial charge on any atom is -0.353 e. The number of amides is 2. The maximum Gasteiger partial charge on any atom is 0.253 e. The van der Waals surface area contributed by atoms with Crippen LogP contribution in [0.15, 0.2) is 23.1 Å². The fourth-order valence-electron chi connectivity index (χ4n) is 3.12. The summed E-state index contributed by atoms with van der Waals surface area (Å²) in [4.78, 5) is 25.8. The number of thiol groups is 1. The van der Waals surface area contributed by atoms with Gasteiger partial charge in [0.2, 0.25) is 5.91 Å². The fourth-order valence-corrected chi connectivity index (χ4v) is 3.34. The highest BCUT2D eigenvalue weighted by atomic mass is 32.1. The van der Waals surface area contributed by atoms with Crippen LogP contribution in [0.5, 0.6) is 0 Å². The van der Waals surface area contributed by atoms with E-state index in [0.717, 1.165) is 12.8 Å². The van der Waals surface area contributed by atoms with Gasteiger partial charge in [0.15, 0.2) is 0 Å². The lowest BCUT2D eigenvalue weighted by atomic mass is 9.85. The molecule has 0 radical (unpaired) electrons. The second kappa shape index (κ2) is 5.67. The number of fused-ring (bicyclic) bond motifs is 1. The number of halogens is 1. The first kappa shape index (κ1) is 14.4. The van der Waals surface area contributed by atoms with E-state index < -0.39 is 5.82 Å². The van der Waals surface area contributed by atoms with Gasteiger partial charge in [0, 0.05) is 36.0 Å². The molecule has 2 atom stereocenters. The Morgan fingerprint density at radius 3 is 2.95 bits per heavy atom. The van der Waals surface area contributed by atoms with E-state index in [1.807, 2.05) is 0 Å². The molecule has 0 spiro atoms. The highest BCUT2D eigenvalue weighted by Gasteiger charge is 2.35. The molecule has 0 aliphatic carbocycles. The third kappa shape index (κ3) is 2.90. The Hall–Kier alpha value is -1.56. The standard InChI is InChI=1S/C15H17FN2O2S/c16-11-3-1-9(7-13(11)21)15(20)18-6-5-12-10(8-18)2-4-14(19)17-12/h1,3,7,10,12,21H,2,4-6,8H2,(H,17,19). The number of hydrogen-bond donors (Lipinski definition) is 2. The van der Waals surface area contributed by atoms with Crippen molar-refractivity contribution in [1.29, 1.82) is 0 Å². The van der Waals surface area contributed by atoms with Gasteiger partial charge in [0.1, 0.15) is 5.82 Å². The van der Waals surface area contributed by atoms with Crippen molar-refractivity contribution in [2.24, 2.45) is 5.92 Å². The molecule has 112 valence electrons. The summed E-state index contributed by atoms with van der Waals surface area (Å²) >= 11 is 4.02. The van der Waals surface area contributed by atoms with E-state index >= 15 is 0 Å². The fraction of sp³-hybridized carbons (Fsp3) is 0.467. The highest BCUT2D eigenvalue weighted by molar-refractivity contribution is 7.80. The molecule has 2 aliphatic heterocycles. The summed E-state index contributed by atoms with van der Waals surface area (Å²) < 4.78 is 13.2. The SMILES string of the molecule is O=C1CCC2CN(C(=O)c3ccc(F)c(S)c3)CCC2N1. The Balaban J connectivity index is 1.71. The van der Waals surface area contributed by atoms with Gasteiger partial charge in [-0.15, -0.1) is 12.6 Å². The monoisotopic (exact) mass is 308 g/mol. The van der Waals surface area contributed by atoms with Gasteiger partial charge in [-0.1, -0.05) is 0 Å². The zero-order chi connectivity index (χ0) is 15.0. The van der Waals surface area contributed by atoms with Crippen LogP contribution in [0, 0.1) is 11.7 Å². The van der Waals surface area contributed by atoms with Crippen molar-refractivity contribution in [2.45, 2.75) is 30.2 Å². The van der Waals surface area contributed by atoms with Gasteiger partial charge >= 0.3 is 0 Å². The number of benzene rings is 1. The summed E-state index contributed by atoms with van der Waals surface area (Å²) in [7, 11) is 0. The van der Waals surface area contributed by atoms with Crippen molar-refractivity contribution in [1.82, 2.24) is 10.2 Å². The van der Waals surface area contributed by atoms with E-state index in [-0.39, 0.29) is 22.8 Å². The van der Waals surface area contributed by atoms with Crippen molar-refractivity contribution in [3.05, 3.63) is 29.6 Å². The lowest BCUT2D eigenvalue weighted by Crippen LogP contribution is -2.55. The van der Waals surface area contributed by atoms with Crippen LogP contribution in [0.2, 0.25) is 0 Å². The van der Waals surface area contributed by atoms with Gasteiger partial charge in [-0.05, 0) is 37.0 Å². The van der Waals surface area contributed by atoms with Crippen LogP contribution in [0.3, 0.4) is 0 Å². The number of hydrogen-bond acceptors (Lipinski definition) is 3. The van der Waals surface area contributed by atoms with Crippen molar-refractivity contribution in [2.75, 3.05) is 13.1 Å². The first-order valence-corrected chi connectivity index (χ1v) is 7.56. The van der Waals surface area contributed by atoms with Gasteiger partial charge in [-0.25, -0.2) is 4.39 Å². The number of nitrogens with one attached hydrogen (secondary N) is 1. The second-order valence-electron chi connectivity index (χ2n) is 5.68. The summed E-state index contributed by atoms with van der Waals surface area (Å²) in [5, 5.41) is 3.00. The highest BCUT2D eigenvalue weighted by Crippen LogP contribution is 2.26. The van der Waals surface area contributed by atoms with Crippen LogP contribution >= 0.6 is 12.6 Å². The van der Waals surface area contributed by atoms with E-state index in [0.29, 0.717) is 31.0 Å². The summed E-state index contributed by atoms with van der Waals surface area (Å²) in [6, 6.07) is 4.41. The maximum absolute atomic E-state index is 13.2. The van der Waals surface area contributed by atoms with Gasteiger partial charge < -0.3 is 10.2 Å². The van der Waals surface area contributed by atoms with Crippen molar-refractivity contribution >= 4 is 24.4 Å². The van der Waals surface area contributed by atoms with E-state index in [1.165, 1.54) is 18.2 Å². The molecule has 0 aromatic heterocycles. The zero-order valence-electron chi connectivity index (χ0n) is 11.5.